The second kappa shape index (κ2) is 2.48. The van der Waals surface area contributed by atoms with Gasteiger partial charge in [0.25, 0.3) is 0 Å². The van der Waals surface area contributed by atoms with E-state index in [0.29, 0.717) is 6.54 Å². The van der Waals surface area contributed by atoms with E-state index in [1.807, 2.05) is 29.3 Å². The van der Waals surface area contributed by atoms with Gasteiger partial charge in [0.1, 0.15) is 5.84 Å². The topological polar surface area (TPSA) is 52.9 Å². The van der Waals surface area contributed by atoms with Gasteiger partial charge in [0.05, 0.1) is 6.54 Å². The van der Waals surface area contributed by atoms with Gasteiger partial charge in [-0.15, -0.1) is 0 Å². The molecule has 12 heavy (non-hydrogen) atoms. The fraction of sp³-hybridized carbons (Fsp3) is 0.250. The molecule has 0 saturated carbocycles. The van der Waals surface area contributed by atoms with E-state index in [1.54, 1.807) is 0 Å². The summed E-state index contributed by atoms with van der Waals surface area (Å²) in [6, 6.07) is -0.604. The fourth-order valence-corrected chi connectivity index (χ4v) is 1.26. The molecular formula is C8H8N2O2. The van der Waals surface area contributed by atoms with Gasteiger partial charge in [-0.3, -0.25) is 4.99 Å². The van der Waals surface area contributed by atoms with Crippen molar-refractivity contribution in [2.75, 3.05) is 6.54 Å². The van der Waals surface area contributed by atoms with Gasteiger partial charge in [0.15, 0.2) is 6.04 Å². The molecule has 2 heterocycles. The number of carbonyl (C=O) groups is 1. The third-order valence-corrected chi connectivity index (χ3v) is 1.86. The van der Waals surface area contributed by atoms with Crippen molar-refractivity contribution in [3.63, 3.8) is 0 Å². The summed E-state index contributed by atoms with van der Waals surface area (Å²) in [4.78, 5) is 16.4. The van der Waals surface area contributed by atoms with Gasteiger partial charge < -0.3 is 10.0 Å². The molecular weight excluding hydrogens is 156 g/mol. The Kier molecular flexibility index (Phi) is 1.46. The van der Waals surface area contributed by atoms with Gasteiger partial charge in [0.2, 0.25) is 0 Å². The number of hydrogen-bond acceptors (Lipinski definition) is 3. The summed E-state index contributed by atoms with van der Waals surface area (Å²) in [5.74, 6) is -0.122. The minimum absolute atomic E-state index is 0.450. The maximum absolute atomic E-state index is 10.6. The third kappa shape index (κ3) is 1.01. The van der Waals surface area contributed by atoms with Crippen LogP contribution in [-0.2, 0) is 4.79 Å². The van der Waals surface area contributed by atoms with E-state index in [-0.39, 0.29) is 0 Å². The summed E-state index contributed by atoms with van der Waals surface area (Å²) in [6.45, 7) is 0.450. The zero-order valence-corrected chi connectivity index (χ0v) is 6.34. The number of aliphatic imine (C=N–C) groups is 1. The van der Waals surface area contributed by atoms with Gasteiger partial charge in [-0.1, -0.05) is 6.08 Å². The Morgan fingerprint density at radius 2 is 2.50 bits per heavy atom. The molecule has 0 aromatic carbocycles. The van der Waals surface area contributed by atoms with Crippen molar-refractivity contribution in [1.29, 1.82) is 0 Å². The highest BCUT2D eigenvalue weighted by Crippen LogP contribution is 2.13. The molecule has 4 heteroatoms. The first-order chi connectivity index (χ1) is 5.77. The minimum Gasteiger partial charge on any atom is -0.480 e. The zero-order valence-electron chi connectivity index (χ0n) is 6.34. The average molecular weight is 164 g/mol. The lowest BCUT2D eigenvalue weighted by Gasteiger charge is -2.14. The summed E-state index contributed by atoms with van der Waals surface area (Å²) >= 11 is 0. The fourth-order valence-electron chi connectivity index (χ4n) is 1.26. The lowest BCUT2D eigenvalue weighted by atomic mass is 10.3. The molecule has 1 atom stereocenters. The highest BCUT2D eigenvalue weighted by molar-refractivity contribution is 5.98. The number of rotatable bonds is 1. The molecule has 1 N–H and O–H groups in total. The third-order valence-electron chi connectivity index (χ3n) is 1.86. The number of fused-ring (bicyclic) bond motifs is 1. The van der Waals surface area contributed by atoms with Crippen LogP contribution in [0.25, 0.3) is 0 Å². The minimum atomic E-state index is -0.862. The van der Waals surface area contributed by atoms with Crippen LogP contribution in [0.3, 0.4) is 0 Å². The predicted octanol–water partition coefficient (Wildman–Crippen LogP) is 0.237. The number of nitrogens with zero attached hydrogens (tertiary/aromatic N) is 2. The number of carboxylic acid groups (broad SMARTS) is 1. The van der Waals surface area contributed by atoms with E-state index in [2.05, 4.69) is 4.99 Å². The van der Waals surface area contributed by atoms with Crippen molar-refractivity contribution < 1.29 is 9.90 Å². The van der Waals surface area contributed by atoms with Gasteiger partial charge in [0, 0.05) is 6.20 Å². The predicted molar refractivity (Wildman–Crippen MR) is 43.8 cm³/mol. The van der Waals surface area contributed by atoms with Crippen LogP contribution in [0.2, 0.25) is 0 Å². The Bertz CT molecular complexity index is 304. The van der Waals surface area contributed by atoms with Gasteiger partial charge in [-0.25, -0.2) is 4.79 Å². The number of aliphatic carboxylic acids is 1. The second-order valence-corrected chi connectivity index (χ2v) is 2.69. The molecule has 1 unspecified atom stereocenters. The van der Waals surface area contributed by atoms with E-state index in [9.17, 15) is 4.79 Å². The average Bonchev–Trinajstić information content (AvgIpc) is 2.46. The first-order valence-corrected chi connectivity index (χ1v) is 3.69. The molecule has 4 nitrogen and oxygen atoms in total. The first-order valence-electron chi connectivity index (χ1n) is 3.69. The van der Waals surface area contributed by atoms with Crippen molar-refractivity contribution in [1.82, 2.24) is 4.90 Å². The highest BCUT2D eigenvalue weighted by atomic mass is 16.4. The molecule has 0 radical (unpaired) electrons. The van der Waals surface area contributed by atoms with E-state index in [0.717, 1.165) is 5.84 Å². The molecule has 2 aliphatic rings. The summed E-state index contributed by atoms with van der Waals surface area (Å²) in [5.41, 5.74) is 0. The van der Waals surface area contributed by atoms with E-state index < -0.39 is 12.0 Å². The molecule has 0 amide bonds. The maximum Gasteiger partial charge on any atom is 0.330 e. The smallest absolute Gasteiger partial charge is 0.330 e. The number of hydrogen-bond donors (Lipinski definition) is 1. The standard InChI is InChI=1S/C8H8N2O2/c11-8(12)6-5-10-4-2-1-3-7(10)9-6/h1-4,6H,5H2,(H,11,12). The van der Waals surface area contributed by atoms with Crippen LogP contribution >= 0.6 is 0 Å². The van der Waals surface area contributed by atoms with Crippen LogP contribution in [0.5, 0.6) is 0 Å². The van der Waals surface area contributed by atoms with E-state index in [4.69, 9.17) is 5.11 Å². The summed E-state index contributed by atoms with van der Waals surface area (Å²) in [7, 11) is 0. The summed E-state index contributed by atoms with van der Waals surface area (Å²) < 4.78 is 0. The van der Waals surface area contributed by atoms with Crippen LogP contribution in [0.4, 0.5) is 0 Å². The molecule has 2 aliphatic heterocycles. The Balaban J connectivity index is 2.23. The van der Waals surface area contributed by atoms with Crippen molar-refractivity contribution in [3.05, 3.63) is 24.4 Å². The van der Waals surface area contributed by atoms with Crippen LogP contribution in [0, 0.1) is 0 Å². The van der Waals surface area contributed by atoms with Gasteiger partial charge in [-0.2, -0.15) is 0 Å². The normalized spacial score (nSPS) is 25.5. The summed E-state index contributed by atoms with van der Waals surface area (Å²) in [5, 5.41) is 8.68. The SMILES string of the molecule is O=C(O)C1CN2C=CC=CC2=N1. The lowest BCUT2D eigenvalue weighted by Crippen LogP contribution is -2.27. The van der Waals surface area contributed by atoms with Crippen LogP contribution in [0.1, 0.15) is 0 Å². The van der Waals surface area contributed by atoms with Gasteiger partial charge >= 0.3 is 5.97 Å². The maximum atomic E-state index is 10.6. The Morgan fingerprint density at radius 1 is 1.67 bits per heavy atom. The van der Waals surface area contributed by atoms with Crippen molar-refractivity contribution in [2.24, 2.45) is 4.99 Å². The molecule has 0 saturated heterocycles. The quantitative estimate of drug-likeness (QED) is 0.603. The number of amidine groups is 1. The van der Waals surface area contributed by atoms with E-state index >= 15 is 0 Å². The monoisotopic (exact) mass is 164 g/mol. The molecule has 0 fully saturated rings. The van der Waals surface area contributed by atoms with Crippen molar-refractivity contribution in [3.8, 4) is 0 Å². The zero-order chi connectivity index (χ0) is 8.55. The van der Waals surface area contributed by atoms with Crippen LogP contribution in [0.15, 0.2) is 29.4 Å². The molecule has 62 valence electrons. The molecule has 0 aliphatic carbocycles. The molecule has 0 aromatic rings. The number of allylic oxidation sites excluding steroid dienone is 2. The lowest BCUT2D eigenvalue weighted by molar-refractivity contribution is -0.138. The number of carboxylic acids is 1. The van der Waals surface area contributed by atoms with Gasteiger partial charge in [-0.05, 0) is 12.2 Å². The summed E-state index contributed by atoms with van der Waals surface area (Å²) in [6.07, 6.45) is 7.35. The van der Waals surface area contributed by atoms with Crippen LogP contribution < -0.4 is 0 Å². The molecule has 0 bridgehead atoms. The Labute approximate surface area is 69.5 Å². The Hall–Kier alpha value is -1.58. The Morgan fingerprint density at radius 3 is 3.17 bits per heavy atom. The highest BCUT2D eigenvalue weighted by Gasteiger charge is 2.27. The van der Waals surface area contributed by atoms with Crippen molar-refractivity contribution >= 4 is 11.8 Å². The molecule has 0 aromatic heterocycles. The molecule has 0 spiro atoms. The first kappa shape index (κ1) is 7.09. The van der Waals surface area contributed by atoms with E-state index in [1.165, 1.54) is 0 Å². The largest absolute Gasteiger partial charge is 0.480 e. The van der Waals surface area contributed by atoms with Crippen molar-refractivity contribution in [2.45, 2.75) is 6.04 Å². The van der Waals surface area contributed by atoms with Crippen LogP contribution in [-0.4, -0.2) is 34.4 Å². The second-order valence-electron chi connectivity index (χ2n) is 2.69. The molecule has 2 rings (SSSR count).